The molecule has 0 fully saturated rings. The van der Waals surface area contributed by atoms with E-state index in [0.717, 1.165) is 6.54 Å². The molecule has 0 aliphatic rings. The molecule has 0 bridgehead atoms. The van der Waals surface area contributed by atoms with Gasteiger partial charge in [0.05, 0.1) is 9.40 Å². The van der Waals surface area contributed by atoms with Crippen LogP contribution in [0.1, 0.15) is 0 Å². The van der Waals surface area contributed by atoms with Gasteiger partial charge in [-0.15, -0.1) is 0 Å². The summed E-state index contributed by atoms with van der Waals surface area (Å²) < 4.78 is 0.625. The highest BCUT2D eigenvalue weighted by molar-refractivity contribution is 9.10. The molecule has 88 valence electrons. The summed E-state index contributed by atoms with van der Waals surface area (Å²) in [4.78, 5) is 16.0. The summed E-state index contributed by atoms with van der Waals surface area (Å²) in [7, 11) is 3.65. The molecule has 0 aromatic carbocycles. The molecule has 0 spiro atoms. The quantitative estimate of drug-likeness (QED) is 0.655. The minimum Gasteiger partial charge on any atom is -0.367 e. The van der Waals surface area contributed by atoms with Crippen LogP contribution in [0.25, 0.3) is 0 Å². The van der Waals surface area contributed by atoms with Crippen LogP contribution in [0.5, 0.6) is 0 Å². The number of likely N-dealkylation sites (N-methyl/N-ethyl adjacent to an activating group) is 2. The zero-order valence-corrected chi connectivity index (χ0v) is 10.7. The van der Waals surface area contributed by atoms with Gasteiger partial charge in [-0.2, -0.15) is 0 Å². The van der Waals surface area contributed by atoms with E-state index in [4.69, 9.17) is 0 Å². The number of rotatable bonds is 5. The monoisotopic (exact) mass is 288 g/mol. The zero-order chi connectivity index (χ0) is 12.1. The van der Waals surface area contributed by atoms with Crippen LogP contribution in [0.15, 0.2) is 16.9 Å². The molecule has 1 aromatic rings. The van der Waals surface area contributed by atoms with Crippen molar-refractivity contribution < 1.29 is 4.92 Å². The van der Waals surface area contributed by atoms with Crippen LogP contribution in [0.2, 0.25) is 0 Å². The topological polar surface area (TPSA) is 71.3 Å². The lowest BCUT2D eigenvalue weighted by molar-refractivity contribution is -0.384. The Kier molecular flexibility index (Phi) is 4.63. The molecule has 1 aromatic heterocycles. The number of nitrogens with zero attached hydrogens (tertiary/aromatic N) is 3. The van der Waals surface area contributed by atoms with Crippen molar-refractivity contribution in [2.24, 2.45) is 0 Å². The molecule has 0 aliphatic carbocycles. The largest absolute Gasteiger partial charge is 0.367 e. The molecule has 0 aliphatic heterocycles. The standard InChI is InChI=1S/C9H13BrN4O2/c1-11-3-4-13(2)9-7(10)5-12-6-8(9)14(15)16/h5-6,11H,3-4H2,1-2H3. The molecule has 0 radical (unpaired) electrons. The molecule has 0 atom stereocenters. The number of aromatic nitrogens is 1. The third-order valence-electron chi connectivity index (χ3n) is 2.13. The highest BCUT2D eigenvalue weighted by atomic mass is 79.9. The van der Waals surface area contributed by atoms with E-state index in [1.54, 1.807) is 6.20 Å². The van der Waals surface area contributed by atoms with Gasteiger partial charge in [0.15, 0.2) is 0 Å². The lowest BCUT2D eigenvalue weighted by atomic mass is 10.3. The lowest BCUT2D eigenvalue weighted by Gasteiger charge is -2.19. The fraction of sp³-hybridized carbons (Fsp3) is 0.444. The van der Waals surface area contributed by atoms with E-state index in [-0.39, 0.29) is 5.69 Å². The van der Waals surface area contributed by atoms with E-state index < -0.39 is 4.92 Å². The minimum absolute atomic E-state index is 0.00739. The Bertz CT molecular complexity index is 386. The fourth-order valence-electron chi connectivity index (χ4n) is 1.32. The van der Waals surface area contributed by atoms with Crippen molar-refractivity contribution in [3.63, 3.8) is 0 Å². The molecule has 6 nitrogen and oxygen atoms in total. The molecule has 1 N–H and O–H groups in total. The van der Waals surface area contributed by atoms with Crippen molar-refractivity contribution in [3.05, 3.63) is 27.0 Å². The maximum Gasteiger partial charge on any atom is 0.311 e. The van der Waals surface area contributed by atoms with Gasteiger partial charge in [-0.3, -0.25) is 15.1 Å². The van der Waals surface area contributed by atoms with Crippen LogP contribution in [-0.2, 0) is 0 Å². The van der Waals surface area contributed by atoms with Crippen LogP contribution in [0, 0.1) is 10.1 Å². The fourth-order valence-corrected chi connectivity index (χ4v) is 1.94. The second-order valence-corrected chi connectivity index (χ2v) is 4.13. The Morgan fingerprint density at radius 2 is 2.31 bits per heavy atom. The summed E-state index contributed by atoms with van der Waals surface area (Å²) in [5.41, 5.74) is 0.559. The van der Waals surface area contributed by atoms with E-state index in [1.165, 1.54) is 6.20 Å². The molecular formula is C9H13BrN4O2. The summed E-state index contributed by atoms with van der Waals surface area (Å²) in [6.07, 6.45) is 2.81. The van der Waals surface area contributed by atoms with Gasteiger partial charge < -0.3 is 10.2 Å². The summed E-state index contributed by atoms with van der Waals surface area (Å²) >= 11 is 3.28. The summed E-state index contributed by atoms with van der Waals surface area (Å²) in [6, 6.07) is 0. The molecule has 0 unspecified atom stereocenters. The first-order valence-electron chi connectivity index (χ1n) is 4.71. The Balaban J connectivity index is 3.04. The van der Waals surface area contributed by atoms with Crippen LogP contribution in [-0.4, -0.2) is 37.1 Å². The number of halogens is 1. The van der Waals surface area contributed by atoms with Gasteiger partial charge in [-0.1, -0.05) is 0 Å². The normalized spacial score (nSPS) is 10.2. The number of nitrogens with one attached hydrogen (secondary N) is 1. The second kappa shape index (κ2) is 5.76. The van der Waals surface area contributed by atoms with Gasteiger partial charge in [0.2, 0.25) is 0 Å². The Morgan fingerprint density at radius 1 is 1.62 bits per heavy atom. The van der Waals surface area contributed by atoms with Crippen LogP contribution >= 0.6 is 15.9 Å². The summed E-state index contributed by atoms with van der Waals surface area (Å²) in [5, 5.41) is 13.8. The van der Waals surface area contributed by atoms with Gasteiger partial charge in [0.25, 0.3) is 0 Å². The number of pyridine rings is 1. The highest BCUT2D eigenvalue weighted by Gasteiger charge is 2.20. The van der Waals surface area contributed by atoms with Crippen molar-refractivity contribution in [2.45, 2.75) is 0 Å². The molecular weight excluding hydrogens is 276 g/mol. The van der Waals surface area contributed by atoms with Crippen molar-refractivity contribution in [1.82, 2.24) is 10.3 Å². The predicted octanol–water partition coefficient (Wildman–Crippen LogP) is 1.41. The first kappa shape index (κ1) is 12.9. The van der Waals surface area contributed by atoms with Crippen LogP contribution in [0.4, 0.5) is 11.4 Å². The molecule has 7 heteroatoms. The number of hydrogen-bond donors (Lipinski definition) is 1. The number of anilines is 1. The van der Waals surface area contributed by atoms with Crippen LogP contribution in [0.3, 0.4) is 0 Å². The summed E-state index contributed by atoms with van der Waals surface area (Å²) in [6.45, 7) is 1.43. The Morgan fingerprint density at radius 3 is 2.88 bits per heavy atom. The first-order valence-corrected chi connectivity index (χ1v) is 5.51. The molecule has 16 heavy (non-hydrogen) atoms. The number of hydrogen-bond acceptors (Lipinski definition) is 5. The zero-order valence-electron chi connectivity index (χ0n) is 9.11. The van der Waals surface area contributed by atoms with Crippen molar-refractivity contribution in [3.8, 4) is 0 Å². The third-order valence-corrected chi connectivity index (χ3v) is 2.71. The third kappa shape index (κ3) is 2.89. The van der Waals surface area contributed by atoms with Crippen LogP contribution < -0.4 is 10.2 Å². The lowest BCUT2D eigenvalue weighted by Crippen LogP contribution is -2.27. The van der Waals surface area contributed by atoms with E-state index in [0.29, 0.717) is 16.7 Å². The van der Waals surface area contributed by atoms with E-state index in [9.17, 15) is 10.1 Å². The maximum absolute atomic E-state index is 10.9. The van der Waals surface area contributed by atoms with Gasteiger partial charge in [0, 0.05) is 26.3 Å². The Hall–Kier alpha value is -1.21. The SMILES string of the molecule is CNCCN(C)c1c(Br)cncc1[N+](=O)[O-]. The number of nitro groups is 1. The van der Waals surface area contributed by atoms with Gasteiger partial charge in [-0.05, 0) is 23.0 Å². The first-order chi connectivity index (χ1) is 7.57. The van der Waals surface area contributed by atoms with E-state index >= 15 is 0 Å². The predicted molar refractivity (Wildman–Crippen MR) is 65.8 cm³/mol. The maximum atomic E-state index is 10.9. The molecule has 0 amide bonds. The van der Waals surface area contributed by atoms with Crippen molar-refractivity contribution in [1.29, 1.82) is 0 Å². The van der Waals surface area contributed by atoms with E-state index in [2.05, 4.69) is 26.2 Å². The van der Waals surface area contributed by atoms with Crippen molar-refractivity contribution >= 4 is 27.3 Å². The molecule has 0 saturated carbocycles. The Labute approximate surface area is 102 Å². The van der Waals surface area contributed by atoms with Gasteiger partial charge >= 0.3 is 5.69 Å². The summed E-state index contributed by atoms with van der Waals surface area (Å²) in [5.74, 6) is 0. The van der Waals surface area contributed by atoms with Gasteiger partial charge in [-0.25, -0.2) is 0 Å². The molecule has 1 rings (SSSR count). The molecule has 0 saturated heterocycles. The van der Waals surface area contributed by atoms with Crippen molar-refractivity contribution in [2.75, 3.05) is 32.1 Å². The molecule has 1 heterocycles. The average molecular weight is 289 g/mol. The highest BCUT2D eigenvalue weighted by Crippen LogP contribution is 2.33. The average Bonchev–Trinajstić information content (AvgIpc) is 2.25. The smallest absolute Gasteiger partial charge is 0.311 e. The van der Waals surface area contributed by atoms with E-state index in [1.807, 2.05) is 19.0 Å². The minimum atomic E-state index is -0.428. The van der Waals surface area contributed by atoms with Gasteiger partial charge in [0.1, 0.15) is 11.9 Å². The second-order valence-electron chi connectivity index (χ2n) is 3.27.